The van der Waals surface area contributed by atoms with Crippen LogP contribution >= 0.6 is 0 Å². The summed E-state index contributed by atoms with van der Waals surface area (Å²) in [6.45, 7) is 6.53. The van der Waals surface area contributed by atoms with Crippen molar-refractivity contribution in [2.24, 2.45) is 0 Å². The zero-order valence-corrected chi connectivity index (χ0v) is 18.8. The van der Waals surface area contributed by atoms with Crippen LogP contribution in [0.4, 0.5) is 0 Å². The van der Waals surface area contributed by atoms with Gasteiger partial charge in [-0.1, -0.05) is 11.2 Å². The molecule has 1 atom stereocenters. The van der Waals surface area contributed by atoms with Gasteiger partial charge < -0.3 is 24.4 Å². The Morgan fingerprint density at radius 1 is 1.22 bits per heavy atom. The van der Waals surface area contributed by atoms with Crippen molar-refractivity contribution in [3.8, 4) is 23.0 Å². The number of likely N-dealkylation sites (N-methyl/N-ethyl adjacent to an activating group) is 1. The van der Waals surface area contributed by atoms with Gasteiger partial charge in [-0.25, -0.2) is 0 Å². The molecule has 1 unspecified atom stereocenters. The minimum atomic E-state index is 0.146. The molecule has 0 radical (unpaired) electrons. The van der Waals surface area contributed by atoms with Crippen molar-refractivity contribution in [2.45, 2.75) is 26.3 Å². The van der Waals surface area contributed by atoms with Crippen LogP contribution in [0.3, 0.4) is 0 Å². The van der Waals surface area contributed by atoms with Gasteiger partial charge in [0.15, 0.2) is 11.5 Å². The Balaban J connectivity index is 1.54. The maximum atomic E-state index is 9.18. The molecular formula is C24H30N4O4. The smallest absolute Gasteiger partial charge is 0.258 e. The number of aromatic nitrogens is 2. The Hall–Kier alpha value is -3.10. The summed E-state index contributed by atoms with van der Waals surface area (Å²) in [5.74, 6) is 2.36. The molecule has 2 aromatic rings. The highest BCUT2D eigenvalue weighted by Gasteiger charge is 2.27. The molecule has 1 aromatic carbocycles. The lowest BCUT2D eigenvalue weighted by Gasteiger charge is -2.21. The Bertz CT molecular complexity index is 1040. The third kappa shape index (κ3) is 4.71. The zero-order chi connectivity index (χ0) is 22.5. The summed E-state index contributed by atoms with van der Waals surface area (Å²) >= 11 is 0. The highest BCUT2D eigenvalue weighted by Crippen LogP contribution is 2.35. The van der Waals surface area contributed by atoms with E-state index in [9.17, 15) is 5.11 Å². The molecule has 0 bridgehead atoms. The SMILES string of the molecule is CCOc1ccc(-c2nc(C3=CCC4NC=C(CN(C)CCO)C4=C3)no2)cc1OCC. The van der Waals surface area contributed by atoms with Gasteiger partial charge in [0, 0.05) is 30.4 Å². The number of rotatable bonds is 10. The van der Waals surface area contributed by atoms with Crippen LogP contribution in [0, 0.1) is 0 Å². The first-order valence-corrected chi connectivity index (χ1v) is 11.0. The van der Waals surface area contributed by atoms with Crippen LogP contribution in [0.15, 0.2) is 52.2 Å². The van der Waals surface area contributed by atoms with Gasteiger partial charge in [-0.15, -0.1) is 0 Å². The minimum absolute atomic E-state index is 0.146. The number of hydrogen-bond donors (Lipinski definition) is 2. The molecule has 1 aliphatic carbocycles. The van der Waals surface area contributed by atoms with Crippen molar-refractivity contribution in [1.29, 1.82) is 0 Å². The normalized spacial score (nSPS) is 17.4. The fraction of sp³-hybridized carbons (Fsp3) is 0.417. The maximum absolute atomic E-state index is 9.18. The predicted octanol–water partition coefficient (Wildman–Crippen LogP) is 3.03. The van der Waals surface area contributed by atoms with Crippen molar-refractivity contribution < 1.29 is 19.1 Å². The van der Waals surface area contributed by atoms with Crippen molar-refractivity contribution >= 4 is 5.57 Å². The number of nitrogens with zero attached hydrogens (tertiary/aromatic N) is 3. The second kappa shape index (κ2) is 10.0. The van der Waals surface area contributed by atoms with Gasteiger partial charge in [-0.3, -0.25) is 4.90 Å². The van der Waals surface area contributed by atoms with E-state index in [1.165, 1.54) is 11.1 Å². The second-order valence-corrected chi connectivity index (χ2v) is 7.80. The van der Waals surface area contributed by atoms with Gasteiger partial charge in [0.1, 0.15) is 0 Å². The lowest BCUT2D eigenvalue weighted by molar-refractivity contribution is 0.230. The monoisotopic (exact) mass is 438 g/mol. The molecule has 4 rings (SSSR count). The second-order valence-electron chi connectivity index (χ2n) is 7.80. The summed E-state index contributed by atoms with van der Waals surface area (Å²) in [4.78, 5) is 6.74. The lowest BCUT2D eigenvalue weighted by atomic mass is 9.91. The van der Waals surface area contributed by atoms with Gasteiger partial charge >= 0.3 is 0 Å². The average Bonchev–Trinajstić information content (AvgIpc) is 3.43. The maximum Gasteiger partial charge on any atom is 0.258 e. The van der Waals surface area contributed by atoms with E-state index in [2.05, 4.69) is 38.7 Å². The van der Waals surface area contributed by atoms with Crippen LogP contribution in [0.5, 0.6) is 11.5 Å². The molecule has 8 nitrogen and oxygen atoms in total. The number of allylic oxidation sites excluding steroid dienone is 2. The Morgan fingerprint density at radius 2 is 2.03 bits per heavy atom. The molecule has 0 saturated heterocycles. The molecular weight excluding hydrogens is 408 g/mol. The summed E-state index contributed by atoms with van der Waals surface area (Å²) < 4.78 is 16.9. The van der Waals surface area contributed by atoms with E-state index in [0.29, 0.717) is 43.0 Å². The van der Waals surface area contributed by atoms with E-state index in [1.54, 1.807) is 0 Å². The summed E-state index contributed by atoms with van der Waals surface area (Å²) in [5, 5.41) is 16.8. The molecule has 1 aliphatic heterocycles. The molecule has 0 spiro atoms. The standard InChI is InChI=1S/C24H30N4O4/c1-4-30-21-9-7-17(13-22(21)31-5-2)24-26-23(27-32-24)16-6-8-20-19(12-16)18(14-25-20)15-28(3)10-11-29/h6-7,9,12-14,20,25,29H,4-5,8,10-11,15H2,1-3H3. The molecule has 8 heteroatoms. The van der Waals surface area contributed by atoms with Gasteiger partial charge in [0.25, 0.3) is 5.89 Å². The third-order valence-electron chi connectivity index (χ3n) is 5.49. The van der Waals surface area contributed by atoms with E-state index in [4.69, 9.17) is 14.0 Å². The van der Waals surface area contributed by atoms with Crippen molar-refractivity contribution in [3.63, 3.8) is 0 Å². The molecule has 0 amide bonds. The van der Waals surface area contributed by atoms with Crippen LogP contribution < -0.4 is 14.8 Å². The molecule has 2 heterocycles. The molecule has 170 valence electrons. The van der Waals surface area contributed by atoms with E-state index in [1.807, 2.05) is 39.1 Å². The third-order valence-corrected chi connectivity index (χ3v) is 5.49. The minimum Gasteiger partial charge on any atom is -0.490 e. The van der Waals surface area contributed by atoms with Gasteiger partial charge in [0.2, 0.25) is 5.82 Å². The topological polar surface area (TPSA) is 92.9 Å². The van der Waals surface area contributed by atoms with E-state index in [-0.39, 0.29) is 12.6 Å². The van der Waals surface area contributed by atoms with Crippen LogP contribution in [-0.4, -0.2) is 66.1 Å². The number of aliphatic hydroxyl groups excluding tert-OH is 1. The van der Waals surface area contributed by atoms with Gasteiger partial charge in [0.05, 0.1) is 25.9 Å². The molecule has 0 fully saturated rings. The van der Waals surface area contributed by atoms with E-state index < -0.39 is 0 Å². The summed E-state index contributed by atoms with van der Waals surface area (Å²) in [5.41, 5.74) is 4.18. The van der Waals surface area contributed by atoms with Crippen molar-refractivity contribution in [2.75, 3.05) is 40.0 Å². The number of hydrogen-bond acceptors (Lipinski definition) is 8. The Morgan fingerprint density at radius 3 is 2.81 bits per heavy atom. The van der Waals surface area contributed by atoms with Crippen molar-refractivity contribution in [1.82, 2.24) is 20.4 Å². The molecule has 2 aliphatic rings. The summed E-state index contributed by atoms with van der Waals surface area (Å²) in [6, 6.07) is 5.90. The van der Waals surface area contributed by atoms with Crippen LogP contribution in [0.25, 0.3) is 17.0 Å². The number of benzene rings is 1. The fourth-order valence-electron chi connectivity index (χ4n) is 3.93. The first kappa shape index (κ1) is 22.1. The lowest BCUT2D eigenvalue weighted by Crippen LogP contribution is -2.26. The van der Waals surface area contributed by atoms with Crippen LogP contribution in [-0.2, 0) is 0 Å². The Labute approximate surface area is 188 Å². The zero-order valence-electron chi connectivity index (χ0n) is 18.8. The summed E-state index contributed by atoms with van der Waals surface area (Å²) in [7, 11) is 2.00. The van der Waals surface area contributed by atoms with E-state index in [0.717, 1.165) is 24.1 Å². The highest BCUT2D eigenvalue weighted by atomic mass is 16.5. The molecule has 0 saturated carbocycles. The largest absolute Gasteiger partial charge is 0.490 e. The molecule has 2 N–H and O–H groups in total. The fourth-order valence-corrected chi connectivity index (χ4v) is 3.93. The number of fused-ring (bicyclic) bond motifs is 1. The predicted molar refractivity (Wildman–Crippen MR) is 122 cm³/mol. The number of nitrogens with one attached hydrogen (secondary N) is 1. The first-order chi connectivity index (χ1) is 15.6. The quantitative estimate of drug-likeness (QED) is 0.585. The highest BCUT2D eigenvalue weighted by molar-refractivity contribution is 5.75. The number of ether oxygens (including phenoxy) is 2. The van der Waals surface area contributed by atoms with Crippen LogP contribution in [0.1, 0.15) is 26.1 Å². The number of aliphatic hydroxyl groups is 1. The molecule has 1 aromatic heterocycles. The van der Waals surface area contributed by atoms with E-state index >= 15 is 0 Å². The van der Waals surface area contributed by atoms with Crippen LogP contribution in [0.2, 0.25) is 0 Å². The Kier molecular flexibility index (Phi) is 6.92. The molecule has 32 heavy (non-hydrogen) atoms. The van der Waals surface area contributed by atoms with Gasteiger partial charge in [-0.05, 0) is 62.7 Å². The van der Waals surface area contributed by atoms with Gasteiger partial charge in [-0.2, -0.15) is 4.98 Å². The average molecular weight is 439 g/mol. The first-order valence-electron chi connectivity index (χ1n) is 11.0. The summed E-state index contributed by atoms with van der Waals surface area (Å²) in [6.07, 6.45) is 7.18. The van der Waals surface area contributed by atoms with Crippen molar-refractivity contribution in [3.05, 3.63) is 53.5 Å².